The van der Waals surface area contributed by atoms with Crippen molar-refractivity contribution in [3.63, 3.8) is 0 Å². The lowest BCUT2D eigenvalue weighted by Gasteiger charge is -2.50. The maximum absolute atomic E-state index is 15.3. The Morgan fingerprint density at radius 1 is 0.878 bits per heavy atom. The largest absolute Gasteiger partial charge is 0.345 e. The molecule has 4 aliphatic rings. The van der Waals surface area contributed by atoms with Gasteiger partial charge in [0.25, 0.3) is 0 Å². The van der Waals surface area contributed by atoms with Gasteiger partial charge >= 0.3 is 0 Å². The van der Waals surface area contributed by atoms with E-state index in [-0.39, 0.29) is 17.7 Å². The Bertz CT molecular complexity index is 1950. The predicted octanol–water partition coefficient (Wildman–Crippen LogP) is 6.06. The number of para-hydroxylation sites is 2. The fraction of sp³-hybridized carbons (Fsp3) is 0.257. The first-order chi connectivity index (χ1) is 20.2. The zero-order chi connectivity index (χ0) is 27.3. The summed E-state index contributed by atoms with van der Waals surface area (Å²) in [5.74, 6) is 0.135. The molecule has 6 heteroatoms. The first kappa shape index (κ1) is 23.1. The second-order valence-corrected chi connectivity index (χ2v) is 11.9. The molecule has 0 radical (unpaired) electrons. The van der Waals surface area contributed by atoms with Crippen molar-refractivity contribution in [1.29, 1.82) is 5.26 Å². The Morgan fingerprint density at radius 2 is 1.66 bits per heavy atom. The summed E-state index contributed by atoms with van der Waals surface area (Å²) < 4.78 is 2.12. The number of aromatic nitrogens is 3. The van der Waals surface area contributed by atoms with E-state index in [4.69, 9.17) is 9.97 Å². The predicted molar refractivity (Wildman–Crippen MR) is 155 cm³/mol. The molecule has 2 spiro atoms. The van der Waals surface area contributed by atoms with Crippen LogP contribution in [0.15, 0.2) is 91.1 Å². The molecule has 1 aliphatic carbocycles. The molecule has 41 heavy (non-hydrogen) atoms. The van der Waals surface area contributed by atoms with Crippen LogP contribution in [0.3, 0.4) is 0 Å². The van der Waals surface area contributed by atoms with Crippen molar-refractivity contribution in [3.05, 3.63) is 119 Å². The Hall–Kier alpha value is -4.60. The third-order valence-corrected chi connectivity index (χ3v) is 10.4. The van der Waals surface area contributed by atoms with Crippen molar-refractivity contribution in [2.75, 3.05) is 6.54 Å². The molecule has 3 aliphatic heterocycles. The number of aryl methyl sites for hydroxylation is 1. The number of carbonyl (C=O) groups excluding carboxylic acids is 1. The van der Waals surface area contributed by atoms with Gasteiger partial charge in [-0.2, -0.15) is 5.26 Å². The maximum atomic E-state index is 15.3. The van der Waals surface area contributed by atoms with Gasteiger partial charge in [0.2, 0.25) is 0 Å². The van der Waals surface area contributed by atoms with Crippen LogP contribution in [0.1, 0.15) is 58.1 Å². The van der Waals surface area contributed by atoms with E-state index in [1.54, 1.807) is 0 Å². The molecule has 6 nitrogen and oxygen atoms in total. The minimum Gasteiger partial charge on any atom is -0.345 e. The Balaban J connectivity index is 1.43. The molecule has 3 aromatic carbocycles. The Labute approximate surface area is 237 Å². The lowest BCUT2D eigenvalue weighted by atomic mass is 9.54. The molecule has 5 heterocycles. The van der Waals surface area contributed by atoms with E-state index in [0.29, 0.717) is 12.0 Å². The summed E-state index contributed by atoms with van der Waals surface area (Å²) in [7, 11) is 0. The lowest BCUT2D eigenvalue weighted by molar-refractivity contribution is 0.0332. The molecule has 5 aromatic rings. The van der Waals surface area contributed by atoms with Gasteiger partial charge in [-0.25, -0.2) is 9.97 Å². The SMILES string of the molecule is N#Cc1ccc(C2C3CCCN3C3(c4ccccc4-c4nc5ccccc5nc43)C23CCn2cccc2C3=O)cc1. The summed E-state index contributed by atoms with van der Waals surface area (Å²) in [6.45, 7) is 1.66. The van der Waals surface area contributed by atoms with Crippen molar-refractivity contribution in [2.24, 2.45) is 5.41 Å². The Kier molecular flexibility index (Phi) is 4.51. The van der Waals surface area contributed by atoms with Crippen molar-refractivity contribution in [3.8, 4) is 17.3 Å². The fourth-order valence-corrected chi connectivity index (χ4v) is 9.05. The van der Waals surface area contributed by atoms with Crippen molar-refractivity contribution >= 4 is 16.8 Å². The number of hydrogen-bond acceptors (Lipinski definition) is 5. The number of nitrogens with zero attached hydrogens (tertiary/aromatic N) is 5. The molecular weight excluding hydrogens is 506 g/mol. The normalized spacial score (nSPS) is 27.6. The van der Waals surface area contributed by atoms with Gasteiger partial charge in [-0.3, -0.25) is 9.69 Å². The number of hydrogen-bond donors (Lipinski definition) is 0. The van der Waals surface area contributed by atoms with Crippen LogP contribution in [0, 0.1) is 16.7 Å². The molecular formula is C35H27N5O. The highest BCUT2D eigenvalue weighted by atomic mass is 16.1. The van der Waals surface area contributed by atoms with Crippen LogP contribution in [0.25, 0.3) is 22.3 Å². The van der Waals surface area contributed by atoms with E-state index in [1.165, 1.54) is 0 Å². The van der Waals surface area contributed by atoms with Crippen LogP contribution in [0.4, 0.5) is 0 Å². The summed E-state index contributed by atoms with van der Waals surface area (Å²) in [6.07, 6.45) is 4.82. The molecule has 0 bridgehead atoms. The molecule has 4 atom stereocenters. The second-order valence-electron chi connectivity index (χ2n) is 11.9. The molecule has 2 saturated heterocycles. The number of Topliss-reactive ketones (excluding diaryl/α,β-unsaturated/α-hetero) is 1. The Morgan fingerprint density at radius 3 is 2.49 bits per heavy atom. The minimum atomic E-state index is -0.793. The van der Waals surface area contributed by atoms with Crippen molar-refractivity contribution in [1.82, 2.24) is 19.4 Å². The quantitative estimate of drug-likeness (QED) is 0.262. The van der Waals surface area contributed by atoms with Crippen LogP contribution in [-0.4, -0.2) is 37.8 Å². The van der Waals surface area contributed by atoms with Gasteiger partial charge in [0.05, 0.1) is 45.2 Å². The number of benzene rings is 3. The van der Waals surface area contributed by atoms with Crippen LogP contribution in [-0.2, 0) is 12.1 Å². The van der Waals surface area contributed by atoms with Gasteiger partial charge in [-0.1, -0.05) is 48.5 Å². The standard InChI is InChI=1S/C35H27N5O/c36-21-22-13-15-23(16-14-22)30-28-11-6-19-40(28)35(34(30)17-20-39-18-5-12-29(39)33(34)41)25-8-2-1-7-24(25)31-32(35)38-27-10-4-3-9-26(27)37-31/h1-5,7-10,12-16,18,28,30H,6,11,17,19-20H2. The molecule has 198 valence electrons. The van der Waals surface area contributed by atoms with E-state index in [2.05, 4.69) is 51.9 Å². The number of carbonyl (C=O) groups is 1. The van der Waals surface area contributed by atoms with Gasteiger partial charge in [0.15, 0.2) is 5.78 Å². The highest BCUT2D eigenvalue weighted by Crippen LogP contribution is 2.72. The second kappa shape index (κ2) is 7.99. The van der Waals surface area contributed by atoms with Gasteiger partial charge in [0.1, 0.15) is 5.54 Å². The van der Waals surface area contributed by atoms with E-state index >= 15 is 4.79 Å². The zero-order valence-electron chi connectivity index (χ0n) is 22.5. The topological polar surface area (TPSA) is 74.8 Å². The van der Waals surface area contributed by atoms with E-state index in [9.17, 15) is 5.26 Å². The van der Waals surface area contributed by atoms with Gasteiger partial charge in [-0.05, 0) is 73.3 Å². The summed E-state index contributed by atoms with van der Waals surface area (Å²) in [4.78, 5) is 28.7. The number of nitriles is 1. The molecule has 2 fully saturated rings. The number of rotatable bonds is 1. The van der Waals surface area contributed by atoms with Crippen LogP contribution < -0.4 is 0 Å². The van der Waals surface area contributed by atoms with Crippen molar-refractivity contribution < 1.29 is 4.79 Å². The highest BCUT2D eigenvalue weighted by Gasteiger charge is 2.76. The summed E-state index contributed by atoms with van der Waals surface area (Å²) in [5.41, 5.74) is 6.79. The highest BCUT2D eigenvalue weighted by molar-refractivity contribution is 6.04. The molecule has 4 unspecified atom stereocenters. The molecule has 0 amide bonds. The first-order valence-electron chi connectivity index (χ1n) is 14.5. The number of ketones is 1. The molecule has 9 rings (SSSR count). The maximum Gasteiger partial charge on any atom is 0.188 e. The summed E-state index contributed by atoms with van der Waals surface area (Å²) in [5, 5.41) is 9.56. The van der Waals surface area contributed by atoms with Crippen LogP contribution in [0.5, 0.6) is 0 Å². The third-order valence-electron chi connectivity index (χ3n) is 10.4. The third kappa shape index (κ3) is 2.64. The van der Waals surface area contributed by atoms with Gasteiger partial charge < -0.3 is 4.57 Å². The monoisotopic (exact) mass is 533 g/mol. The first-order valence-corrected chi connectivity index (χ1v) is 14.5. The lowest BCUT2D eigenvalue weighted by Crippen LogP contribution is -2.58. The molecule has 0 N–H and O–H groups in total. The van der Waals surface area contributed by atoms with E-state index in [0.717, 1.165) is 70.7 Å². The van der Waals surface area contributed by atoms with Crippen molar-refractivity contribution in [2.45, 2.75) is 43.3 Å². The summed E-state index contributed by atoms with van der Waals surface area (Å²) >= 11 is 0. The molecule has 0 saturated carbocycles. The number of fused-ring (bicyclic) bond motifs is 10. The summed E-state index contributed by atoms with van der Waals surface area (Å²) in [6, 6.07) is 31.1. The zero-order valence-corrected chi connectivity index (χ0v) is 22.5. The van der Waals surface area contributed by atoms with Gasteiger partial charge in [0, 0.05) is 30.3 Å². The van der Waals surface area contributed by atoms with E-state index < -0.39 is 11.0 Å². The average molecular weight is 534 g/mol. The van der Waals surface area contributed by atoms with E-state index in [1.807, 2.05) is 54.7 Å². The van der Waals surface area contributed by atoms with Crippen LogP contribution in [0.2, 0.25) is 0 Å². The smallest absolute Gasteiger partial charge is 0.188 e. The fourth-order valence-electron chi connectivity index (χ4n) is 9.05. The van der Waals surface area contributed by atoms with Gasteiger partial charge in [-0.15, -0.1) is 0 Å². The van der Waals surface area contributed by atoms with Crippen LogP contribution >= 0.6 is 0 Å². The average Bonchev–Trinajstić information content (AvgIpc) is 3.79. The molecule has 2 aromatic heterocycles. The minimum absolute atomic E-state index is 0.0545.